The number of rotatable bonds is 3. The number of thioether (sulfide) groups is 1. The Morgan fingerprint density at radius 2 is 2.31 bits per heavy atom. The molecule has 1 aromatic rings. The fourth-order valence-corrected chi connectivity index (χ4v) is 3.67. The number of hydrogen-bond acceptors (Lipinski definition) is 2. The Hall–Kier alpha value is -0.340. The molecule has 0 amide bonds. The smallest absolute Gasteiger partial charge is 0.0494 e. The molecule has 0 aliphatic carbocycles. The average molecular weight is 256 g/mol. The molecule has 0 N–H and O–H groups in total. The molecule has 1 nitrogen and oxygen atoms in total. The number of nitrogens with zero attached hydrogens (tertiary/aromatic N) is 1. The zero-order valence-corrected chi connectivity index (χ0v) is 11.4. The molecule has 1 aromatic carbocycles. The number of benzene rings is 1. The third-order valence-corrected chi connectivity index (χ3v) is 4.65. The van der Waals surface area contributed by atoms with E-state index >= 15 is 0 Å². The SMILES string of the molecule is Cc1ccc(N(C)C2CCSC2)c(CCl)c1. The largest absolute Gasteiger partial charge is 0.370 e. The molecular formula is C13H18ClNS. The standard InChI is InChI=1S/C13H18ClNS/c1-10-3-4-13(11(7-10)8-14)15(2)12-5-6-16-9-12/h3-4,7,12H,5-6,8-9H2,1-2H3. The Kier molecular flexibility index (Phi) is 4.04. The monoisotopic (exact) mass is 255 g/mol. The van der Waals surface area contributed by atoms with Crippen LogP contribution in [0.1, 0.15) is 17.5 Å². The van der Waals surface area contributed by atoms with Crippen molar-refractivity contribution in [1.82, 2.24) is 0 Å². The Bertz CT molecular complexity index is 361. The first-order valence-corrected chi connectivity index (χ1v) is 7.37. The predicted octanol–water partition coefficient (Wildman–Crippen LogP) is 3.68. The van der Waals surface area contributed by atoms with Crippen LogP contribution in [0.3, 0.4) is 0 Å². The molecule has 1 fully saturated rings. The van der Waals surface area contributed by atoms with Crippen molar-refractivity contribution in [2.75, 3.05) is 23.5 Å². The molecule has 16 heavy (non-hydrogen) atoms. The van der Waals surface area contributed by atoms with Gasteiger partial charge < -0.3 is 4.90 Å². The van der Waals surface area contributed by atoms with Gasteiger partial charge >= 0.3 is 0 Å². The Morgan fingerprint density at radius 3 is 2.94 bits per heavy atom. The molecule has 2 rings (SSSR count). The Balaban J connectivity index is 2.24. The molecule has 3 heteroatoms. The van der Waals surface area contributed by atoms with Gasteiger partial charge in [-0.15, -0.1) is 11.6 Å². The normalized spacial score (nSPS) is 20.1. The first-order valence-electron chi connectivity index (χ1n) is 5.68. The van der Waals surface area contributed by atoms with Crippen molar-refractivity contribution >= 4 is 29.1 Å². The van der Waals surface area contributed by atoms with E-state index in [2.05, 4.69) is 37.1 Å². The fourth-order valence-electron chi connectivity index (χ4n) is 2.19. The van der Waals surface area contributed by atoms with Gasteiger partial charge in [0.1, 0.15) is 0 Å². The zero-order valence-electron chi connectivity index (χ0n) is 9.87. The summed E-state index contributed by atoms with van der Waals surface area (Å²) in [7, 11) is 2.19. The van der Waals surface area contributed by atoms with Crippen LogP contribution in [-0.4, -0.2) is 24.6 Å². The summed E-state index contributed by atoms with van der Waals surface area (Å²) < 4.78 is 0. The van der Waals surface area contributed by atoms with Gasteiger partial charge in [-0.2, -0.15) is 11.8 Å². The molecule has 1 aliphatic rings. The zero-order chi connectivity index (χ0) is 11.5. The summed E-state index contributed by atoms with van der Waals surface area (Å²) in [6.07, 6.45) is 1.29. The van der Waals surface area contributed by atoms with Crippen LogP contribution in [0.4, 0.5) is 5.69 Å². The topological polar surface area (TPSA) is 3.24 Å². The van der Waals surface area contributed by atoms with E-state index < -0.39 is 0 Å². The molecule has 0 saturated carbocycles. The van der Waals surface area contributed by atoms with E-state index in [1.165, 1.54) is 34.7 Å². The van der Waals surface area contributed by atoms with Crippen LogP contribution in [0, 0.1) is 6.92 Å². The highest BCUT2D eigenvalue weighted by Crippen LogP contribution is 2.29. The van der Waals surface area contributed by atoms with Gasteiger partial charge in [-0.3, -0.25) is 0 Å². The highest BCUT2D eigenvalue weighted by atomic mass is 35.5. The molecule has 1 unspecified atom stereocenters. The molecule has 0 radical (unpaired) electrons. The van der Waals surface area contributed by atoms with Crippen molar-refractivity contribution in [3.8, 4) is 0 Å². The second kappa shape index (κ2) is 5.33. The van der Waals surface area contributed by atoms with Gasteiger partial charge in [-0.05, 0) is 30.7 Å². The highest BCUT2D eigenvalue weighted by Gasteiger charge is 2.21. The average Bonchev–Trinajstić information content (AvgIpc) is 2.81. The molecule has 1 saturated heterocycles. The summed E-state index contributed by atoms with van der Waals surface area (Å²) >= 11 is 8.07. The van der Waals surface area contributed by atoms with Crippen molar-refractivity contribution in [3.63, 3.8) is 0 Å². The maximum atomic E-state index is 6.02. The van der Waals surface area contributed by atoms with Gasteiger partial charge in [0.2, 0.25) is 0 Å². The number of aryl methyl sites for hydroxylation is 1. The summed E-state index contributed by atoms with van der Waals surface area (Å²) in [6.45, 7) is 2.12. The van der Waals surface area contributed by atoms with Gasteiger partial charge in [-0.1, -0.05) is 17.7 Å². The minimum atomic E-state index is 0.598. The summed E-state index contributed by atoms with van der Waals surface area (Å²) in [5.41, 5.74) is 3.84. The maximum absolute atomic E-state index is 6.02. The summed E-state index contributed by atoms with van der Waals surface area (Å²) in [5.74, 6) is 3.13. The Labute approximate surface area is 107 Å². The van der Waals surface area contributed by atoms with Crippen LogP contribution in [0.5, 0.6) is 0 Å². The third-order valence-electron chi connectivity index (χ3n) is 3.21. The van der Waals surface area contributed by atoms with E-state index in [1.54, 1.807) is 0 Å². The van der Waals surface area contributed by atoms with Crippen LogP contribution in [0.25, 0.3) is 0 Å². The van der Waals surface area contributed by atoms with Crippen molar-refractivity contribution < 1.29 is 0 Å². The van der Waals surface area contributed by atoms with Crippen molar-refractivity contribution in [2.24, 2.45) is 0 Å². The van der Waals surface area contributed by atoms with E-state index in [-0.39, 0.29) is 0 Å². The highest BCUT2D eigenvalue weighted by molar-refractivity contribution is 7.99. The maximum Gasteiger partial charge on any atom is 0.0494 e. The molecule has 88 valence electrons. The molecule has 1 aliphatic heterocycles. The van der Waals surface area contributed by atoms with E-state index in [9.17, 15) is 0 Å². The number of anilines is 1. The third kappa shape index (κ3) is 2.49. The van der Waals surface area contributed by atoms with Crippen molar-refractivity contribution in [2.45, 2.75) is 25.3 Å². The number of hydrogen-bond donors (Lipinski definition) is 0. The van der Waals surface area contributed by atoms with E-state index in [0.717, 1.165) is 0 Å². The first kappa shape index (κ1) is 12.1. The second-order valence-electron chi connectivity index (χ2n) is 4.39. The molecule has 1 heterocycles. The first-order chi connectivity index (χ1) is 7.72. The van der Waals surface area contributed by atoms with E-state index in [4.69, 9.17) is 11.6 Å². The van der Waals surface area contributed by atoms with Crippen LogP contribution in [0.15, 0.2) is 18.2 Å². The van der Waals surface area contributed by atoms with Crippen LogP contribution < -0.4 is 4.90 Å². The lowest BCUT2D eigenvalue weighted by Gasteiger charge is -2.28. The van der Waals surface area contributed by atoms with Crippen molar-refractivity contribution in [1.29, 1.82) is 0 Å². The number of alkyl halides is 1. The minimum Gasteiger partial charge on any atom is -0.370 e. The van der Waals surface area contributed by atoms with Crippen LogP contribution >= 0.6 is 23.4 Å². The fraction of sp³-hybridized carbons (Fsp3) is 0.538. The minimum absolute atomic E-state index is 0.598. The van der Waals surface area contributed by atoms with E-state index in [0.29, 0.717) is 11.9 Å². The lowest BCUT2D eigenvalue weighted by atomic mass is 10.1. The number of halogens is 1. The molecular weight excluding hydrogens is 238 g/mol. The van der Waals surface area contributed by atoms with Gasteiger partial charge in [0.25, 0.3) is 0 Å². The lowest BCUT2D eigenvalue weighted by molar-refractivity contribution is 0.698. The quantitative estimate of drug-likeness (QED) is 0.758. The van der Waals surface area contributed by atoms with Crippen molar-refractivity contribution in [3.05, 3.63) is 29.3 Å². The summed E-state index contributed by atoms with van der Waals surface area (Å²) in [4.78, 5) is 2.40. The van der Waals surface area contributed by atoms with Gasteiger partial charge in [0.15, 0.2) is 0 Å². The lowest BCUT2D eigenvalue weighted by Crippen LogP contribution is -2.31. The van der Waals surface area contributed by atoms with Crippen LogP contribution in [-0.2, 0) is 5.88 Å². The van der Waals surface area contributed by atoms with Gasteiger partial charge in [0, 0.05) is 30.4 Å². The van der Waals surface area contributed by atoms with Crippen LogP contribution in [0.2, 0.25) is 0 Å². The molecule has 1 atom stereocenters. The second-order valence-corrected chi connectivity index (χ2v) is 5.81. The molecule has 0 aromatic heterocycles. The van der Waals surface area contributed by atoms with E-state index in [1.807, 2.05) is 11.8 Å². The molecule has 0 spiro atoms. The summed E-state index contributed by atoms with van der Waals surface area (Å²) in [6, 6.07) is 7.25. The molecule has 0 bridgehead atoms. The predicted molar refractivity (Wildman–Crippen MR) is 74.9 cm³/mol. The Morgan fingerprint density at radius 1 is 1.50 bits per heavy atom. The van der Waals surface area contributed by atoms with Gasteiger partial charge in [0.05, 0.1) is 0 Å². The van der Waals surface area contributed by atoms with Gasteiger partial charge in [-0.25, -0.2) is 0 Å². The summed E-state index contributed by atoms with van der Waals surface area (Å²) in [5, 5.41) is 0.